The lowest BCUT2D eigenvalue weighted by molar-refractivity contribution is -0.129. The summed E-state index contributed by atoms with van der Waals surface area (Å²) in [5.41, 5.74) is 3.99. The number of aromatic nitrogens is 1. The fraction of sp³-hybridized carbons (Fsp3) is 0.433. The van der Waals surface area contributed by atoms with E-state index in [2.05, 4.69) is 0 Å². The summed E-state index contributed by atoms with van der Waals surface area (Å²) in [4.78, 5) is 29.9. The van der Waals surface area contributed by atoms with Crippen LogP contribution in [0, 0.1) is 20.8 Å². The molecule has 0 amide bonds. The van der Waals surface area contributed by atoms with Gasteiger partial charge >= 0.3 is 0 Å². The molecule has 3 aromatic rings. The highest BCUT2D eigenvalue weighted by atomic mass is 16.5. The first-order valence-electron chi connectivity index (χ1n) is 12.5. The summed E-state index contributed by atoms with van der Waals surface area (Å²) in [6.45, 7) is 16.3. The molecule has 0 bridgehead atoms. The summed E-state index contributed by atoms with van der Waals surface area (Å²) in [5.74, 6) is 1.98. The van der Waals surface area contributed by atoms with E-state index in [1.165, 1.54) is 6.92 Å². The maximum atomic E-state index is 11.8. The maximum absolute atomic E-state index is 11.8. The number of benzene rings is 2. The van der Waals surface area contributed by atoms with E-state index < -0.39 is 5.60 Å². The highest BCUT2D eigenvalue weighted by molar-refractivity contribution is 5.84. The van der Waals surface area contributed by atoms with Crippen LogP contribution in [-0.4, -0.2) is 46.3 Å². The molecule has 3 rings (SSSR count). The van der Waals surface area contributed by atoms with Gasteiger partial charge in [0.1, 0.15) is 17.8 Å². The Bertz CT molecular complexity index is 1150. The molecule has 1 N–H and O–H groups in total. The lowest BCUT2D eigenvalue weighted by Gasteiger charge is -2.25. The molecule has 7 nitrogen and oxygen atoms in total. The molecule has 0 saturated carbocycles. The van der Waals surface area contributed by atoms with Crippen LogP contribution in [0.5, 0.6) is 5.75 Å². The standard InChI is InChI=1S/C27H32N2O4.C2H6.CH4O/c1-18-8-7-9-23(14-18)26-28-24(20(3)32-26)17-29(12-13-30)16-22-10-11-25(19(2)15-22)33-27(5,6)21(4)31;2*1-2/h7-11,13-15H,12,16-17H2,1-6H3;1-2H3;2H,1H3. The normalized spacial score (nSPS) is 10.7. The Kier molecular flexibility index (Phi) is 12.9. The predicted octanol–water partition coefficient (Wildman–Crippen LogP) is 5.85. The van der Waals surface area contributed by atoms with E-state index in [0.717, 1.165) is 47.1 Å². The van der Waals surface area contributed by atoms with Crippen LogP contribution in [0.25, 0.3) is 11.5 Å². The van der Waals surface area contributed by atoms with Crippen LogP contribution >= 0.6 is 0 Å². The van der Waals surface area contributed by atoms with E-state index in [-0.39, 0.29) is 12.3 Å². The van der Waals surface area contributed by atoms with Crippen LogP contribution in [0.3, 0.4) is 0 Å². The van der Waals surface area contributed by atoms with E-state index in [9.17, 15) is 9.59 Å². The summed E-state index contributed by atoms with van der Waals surface area (Å²) in [6.07, 6.45) is 0.899. The van der Waals surface area contributed by atoms with Crippen molar-refractivity contribution >= 4 is 12.1 Å². The van der Waals surface area contributed by atoms with Crippen LogP contribution in [0.2, 0.25) is 0 Å². The van der Waals surface area contributed by atoms with Gasteiger partial charge in [0.05, 0.1) is 12.2 Å². The lowest BCUT2D eigenvalue weighted by atomic mass is 10.0. The molecule has 0 atom stereocenters. The predicted molar refractivity (Wildman–Crippen MR) is 148 cm³/mol. The Labute approximate surface area is 221 Å². The first kappa shape index (κ1) is 31.7. The summed E-state index contributed by atoms with van der Waals surface area (Å²) < 4.78 is 11.8. The SMILES string of the molecule is CC.CC(=O)C(C)(C)Oc1ccc(CN(CC=O)Cc2nc(-c3cccc(C)c3)oc2C)cc1C.CO. The average molecular weight is 511 g/mol. The summed E-state index contributed by atoms with van der Waals surface area (Å²) in [5, 5.41) is 7.00. The summed E-state index contributed by atoms with van der Waals surface area (Å²) >= 11 is 0. The third-order valence-corrected chi connectivity index (χ3v) is 5.72. The van der Waals surface area contributed by atoms with Crippen molar-refractivity contribution in [3.8, 4) is 17.2 Å². The maximum Gasteiger partial charge on any atom is 0.226 e. The van der Waals surface area contributed by atoms with Gasteiger partial charge in [-0.25, -0.2) is 4.98 Å². The number of aliphatic hydroxyl groups is 1. The second-order valence-electron chi connectivity index (χ2n) is 9.00. The first-order valence-corrected chi connectivity index (χ1v) is 12.5. The van der Waals surface area contributed by atoms with Gasteiger partial charge in [0.15, 0.2) is 11.4 Å². The van der Waals surface area contributed by atoms with Gasteiger partial charge in [-0.05, 0) is 70.9 Å². The van der Waals surface area contributed by atoms with E-state index in [0.29, 0.717) is 24.7 Å². The highest BCUT2D eigenvalue weighted by Crippen LogP contribution is 2.26. The van der Waals surface area contributed by atoms with Crippen LogP contribution in [0.1, 0.15) is 62.8 Å². The topological polar surface area (TPSA) is 92.9 Å². The van der Waals surface area contributed by atoms with Gasteiger partial charge in [-0.1, -0.05) is 43.7 Å². The van der Waals surface area contributed by atoms with Crippen LogP contribution in [-0.2, 0) is 22.7 Å². The Morgan fingerprint density at radius 3 is 2.32 bits per heavy atom. The highest BCUT2D eigenvalue weighted by Gasteiger charge is 2.26. The number of aliphatic hydroxyl groups excluding tert-OH is 1. The number of carbonyl (C=O) groups excluding carboxylic acids is 2. The molecule has 0 spiro atoms. The Morgan fingerprint density at radius 1 is 1.08 bits per heavy atom. The van der Waals surface area contributed by atoms with Crippen LogP contribution in [0.15, 0.2) is 46.9 Å². The van der Waals surface area contributed by atoms with Crippen molar-refractivity contribution in [3.63, 3.8) is 0 Å². The number of Topliss-reactive ketones (excluding diaryl/α,β-unsaturated/α-hetero) is 1. The minimum Gasteiger partial charge on any atom is -0.480 e. The molecule has 1 aromatic heterocycles. The Morgan fingerprint density at radius 2 is 1.76 bits per heavy atom. The molecule has 0 aliphatic rings. The number of aldehydes is 1. The van der Waals surface area contributed by atoms with Gasteiger partial charge in [0.2, 0.25) is 5.89 Å². The van der Waals surface area contributed by atoms with Gasteiger partial charge in [0.25, 0.3) is 0 Å². The number of hydrogen-bond donors (Lipinski definition) is 1. The molecule has 2 aromatic carbocycles. The molecular weight excluding hydrogens is 468 g/mol. The van der Waals surface area contributed by atoms with Crippen molar-refractivity contribution in [1.29, 1.82) is 0 Å². The third-order valence-electron chi connectivity index (χ3n) is 5.72. The molecule has 37 heavy (non-hydrogen) atoms. The lowest BCUT2D eigenvalue weighted by Crippen LogP contribution is -2.36. The Hall–Kier alpha value is -3.29. The van der Waals surface area contributed by atoms with Crippen molar-refractivity contribution in [2.75, 3.05) is 13.7 Å². The molecule has 7 heteroatoms. The van der Waals surface area contributed by atoms with Crippen molar-refractivity contribution in [2.24, 2.45) is 0 Å². The number of ether oxygens (including phenoxy) is 1. The molecule has 0 unspecified atom stereocenters. The fourth-order valence-corrected chi connectivity index (χ4v) is 3.51. The molecule has 0 radical (unpaired) electrons. The van der Waals surface area contributed by atoms with E-state index in [4.69, 9.17) is 19.2 Å². The number of hydrogen-bond acceptors (Lipinski definition) is 7. The minimum atomic E-state index is -0.880. The van der Waals surface area contributed by atoms with Gasteiger partial charge in [-0.2, -0.15) is 0 Å². The zero-order valence-electron chi connectivity index (χ0n) is 23.7. The number of ketones is 1. The number of nitrogens with zero attached hydrogens (tertiary/aromatic N) is 2. The molecule has 0 fully saturated rings. The number of carbonyl (C=O) groups is 2. The van der Waals surface area contributed by atoms with E-state index >= 15 is 0 Å². The Balaban J connectivity index is 0.00000163. The van der Waals surface area contributed by atoms with Crippen molar-refractivity contribution in [3.05, 3.63) is 70.6 Å². The fourth-order valence-electron chi connectivity index (χ4n) is 3.51. The summed E-state index contributed by atoms with van der Waals surface area (Å²) in [7, 11) is 1.00. The molecule has 0 aliphatic heterocycles. The minimum absolute atomic E-state index is 0.0313. The van der Waals surface area contributed by atoms with Crippen molar-refractivity contribution < 1.29 is 23.8 Å². The van der Waals surface area contributed by atoms with Gasteiger partial charge in [0, 0.05) is 25.8 Å². The van der Waals surface area contributed by atoms with E-state index in [1.54, 1.807) is 13.8 Å². The van der Waals surface area contributed by atoms with Crippen molar-refractivity contribution in [2.45, 2.75) is 74.1 Å². The largest absolute Gasteiger partial charge is 0.480 e. The third kappa shape index (κ3) is 9.26. The zero-order valence-corrected chi connectivity index (χ0v) is 23.7. The van der Waals surface area contributed by atoms with E-state index in [1.807, 2.05) is 82.0 Å². The molecule has 1 heterocycles. The number of oxazole rings is 1. The zero-order chi connectivity index (χ0) is 28.2. The average Bonchev–Trinajstić information content (AvgIpc) is 3.23. The smallest absolute Gasteiger partial charge is 0.226 e. The number of rotatable bonds is 10. The van der Waals surface area contributed by atoms with Crippen LogP contribution in [0.4, 0.5) is 0 Å². The second kappa shape index (κ2) is 15.1. The number of aryl methyl sites for hydroxylation is 3. The monoisotopic (exact) mass is 510 g/mol. The molecule has 202 valence electrons. The molecule has 0 saturated heterocycles. The van der Waals surface area contributed by atoms with Gasteiger partial charge in [-0.3, -0.25) is 9.69 Å². The van der Waals surface area contributed by atoms with Gasteiger partial charge in [-0.15, -0.1) is 0 Å². The quantitative estimate of drug-likeness (QED) is 0.342. The molecule has 0 aliphatic carbocycles. The van der Waals surface area contributed by atoms with Crippen molar-refractivity contribution in [1.82, 2.24) is 9.88 Å². The van der Waals surface area contributed by atoms with Crippen LogP contribution < -0.4 is 4.74 Å². The second-order valence-corrected chi connectivity index (χ2v) is 9.00. The molecular formula is C30H42N2O5. The van der Waals surface area contributed by atoms with Gasteiger partial charge < -0.3 is 19.1 Å². The summed E-state index contributed by atoms with van der Waals surface area (Å²) in [6, 6.07) is 13.9. The first-order chi connectivity index (χ1) is 17.6.